The number of carbonyl (C=O) groups is 1. The van der Waals surface area contributed by atoms with Crippen LogP contribution in [0.3, 0.4) is 0 Å². The van der Waals surface area contributed by atoms with E-state index < -0.39 is 0 Å². The van der Waals surface area contributed by atoms with Gasteiger partial charge in [-0.15, -0.1) is 0 Å². The Morgan fingerprint density at radius 1 is 1.04 bits per heavy atom. The van der Waals surface area contributed by atoms with Crippen LogP contribution in [0, 0.1) is 5.92 Å². The van der Waals surface area contributed by atoms with E-state index in [1.165, 1.54) is 0 Å². The molecule has 2 aromatic rings. The van der Waals surface area contributed by atoms with E-state index in [1.54, 1.807) is 4.90 Å². The third-order valence-electron chi connectivity index (χ3n) is 4.39. The predicted molar refractivity (Wildman–Crippen MR) is 92.2 cm³/mol. The number of rotatable bonds is 7. The molecule has 0 aliphatic heterocycles. The maximum atomic E-state index is 12.6. The highest BCUT2D eigenvalue weighted by molar-refractivity contribution is 5.68. The van der Waals surface area contributed by atoms with E-state index in [2.05, 4.69) is 0 Å². The first-order valence-corrected chi connectivity index (χ1v) is 8.40. The number of aliphatic hydroxyl groups excluding tert-OH is 1. The second kappa shape index (κ2) is 7.97. The Kier molecular flexibility index (Phi) is 5.49. The molecule has 1 saturated carbocycles. The standard InChI is InChI=1S/C20H23NO3/c22-14-19(18-11-12-18)21(13-16-7-3-1-4-8-16)20(23)24-15-17-9-5-2-6-10-17/h1-10,18-19,22H,11-15H2. The quantitative estimate of drug-likeness (QED) is 0.846. The first-order chi connectivity index (χ1) is 11.8. The number of carbonyl (C=O) groups excluding carboxylic acids is 1. The van der Waals surface area contributed by atoms with Crippen LogP contribution in [0.1, 0.15) is 24.0 Å². The summed E-state index contributed by atoms with van der Waals surface area (Å²) in [5, 5.41) is 9.77. The molecule has 0 heterocycles. The summed E-state index contributed by atoms with van der Waals surface area (Å²) in [7, 11) is 0. The molecule has 1 unspecified atom stereocenters. The molecule has 1 N–H and O–H groups in total. The van der Waals surface area contributed by atoms with Crippen LogP contribution in [-0.4, -0.2) is 28.7 Å². The summed E-state index contributed by atoms with van der Waals surface area (Å²) in [6, 6.07) is 19.3. The molecular weight excluding hydrogens is 302 g/mol. The van der Waals surface area contributed by atoms with Crippen LogP contribution in [0.25, 0.3) is 0 Å². The van der Waals surface area contributed by atoms with E-state index in [1.807, 2.05) is 60.7 Å². The van der Waals surface area contributed by atoms with Gasteiger partial charge in [0, 0.05) is 6.54 Å². The van der Waals surface area contributed by atoms with E-state index in [4.69, 9.17) is 4.74 Å². The average Bonchev–Trinajstić information content (AvgIpc) is 3.46. The molecule has 1 amide bonds. The first-order valence-electron chi connectivity index (χ1n) is 8.40. The van der Waals surface area contributed by atoms with Crippen molar-refractivity contribution in [3.63, 3.8) is 0 Å². The Morgan fingerprint density at radius 2 is 1.62 bits per heavy atom. The zero-order valence-electron chi connectivity index (χ0n) is 13.7. The monoisotopic (exact) mass is 325 g/mol. The summed E-state index contributed by atoms with van der Waals surface area (Å²) >= 11 is 0. The molecule has 4 nitrogen and oxygen atoms in total. The Bertz CT molecular complexity index is 640. The molecule has 0 aromatic heterocycles. The zero-order chi connectivity index (χ0) is 16.8. The van der Waals surface area contributed by atoms with Gasteiger partial charge in [-0.3, -0.25) is 4.90 Å². The minimum absolute atomic E-state index is 0.0298. The Balaban J connectivity index is 1.69. The van der Waals surface area contributed by atoms with Crippen molar-refractivity contribution < 1.29 is 14.6 Å². The summed E-state index contributed by atoms with van der Waals surface area (Å²) in [4.78, 5) is 14.3. The smallest absolute Gasteiger partial charge is 0.410 e. The molecule has 1 aliphatic carbocycles. The largest absolute Gasteiger partial charge is 0.445 e. The molecule has 0 saturated heterocycles. The number of ether oxygens (including phenoxy) is 1. The van der Waals surface area contributed by atoms with Crippen LogP contribution in [0.15, 0.2) is 60.7 Å². The first kappa shape index (κ1) is 16.5. The second-order valence-electron chi connectivity index (χ2n) is 6.24. The third kappa shape index (κ3) is 4.36. The Hall–Kier alpha value is -2.33. The van der Waals surface area contributed by atoms with Gasteiger partial charge in [-0.05, 0) is 29.9 Å². The topological polar surface area (TPSA) is 49.8 Å². The fourth-order valence-corrected chi connectivity index (χ4v) is 2.88. The third-order valence-corrected chi connectivity index (χ3v) is 4.39. The fourth-order valence-electron chi connectivity index (χ4n) is 2.88. The van der Waals surface area contributed by atoms with Crippen molar-refractivity contribution in [3.05, 3.63) is 71.8 Å². The van der Waals surface area contributed by atoms with Crippen LogP contribution >= 0.6 is 0 Å². The molecule has 4 heteroatoms. The Labute approximate surface area is 142 Å². The van der Waals surface area contributed by atoms with Gasteiger partial charge in [-0.25, -0.2) is 4.79 Å². The fraction of sp³-hybridized carbons (Fsp3) is 0.350. The zero-order valence-corrected chi connectivity index (χ0v) is 13.7. The van der Waals surface area contributed by atoms with Crippen molar-refractivity contribution in [2.75, 3.05) is 6.61 Å². The molecule has 2 aromatic carbocycles. The van der Waals surface area contributed by atoms with Crippen LogP contribution in [0.5, 0.6) is 0 Å². The summed E-state index contributed by atoms with van der Waals surface area (Å²) in [6.07, 6.45) is 1.75. The molecule has 3 rings (SSSR count). The SMILES string of the molecule is O=C(OCc1ccccc1)N(Cc1ccccc1)C(CO)C1CC1. The number of aliphatic hydroxyl groups is 1. The molecule has 0 bridgehead atoms. The van der Waals surface area contributed by atoms with Gasteiger partial charge in [0.2, 0.25) is 0 Å². The number of nitrogens with zero attached hydrogens (tertiary/aromatic N) is 1. The highest BCUT2D eigenvalue weighted by Gasteiger charge is 2.37. The lowest BCUT2D eigenvalue weighted by Crippen LogP contribution is -2.43. The molecule has 1 atom stereocenters. The van der Waals surface area contributed by atoms with Crippen LogP contribution < -0.4 is 0 Å². The van der Waals surface area contributed by atoms with Crippen LogP contribution in [-0.2, 0) is 17.9 Å². The van der Waals surface area contributed by atoms with E-state index in [9.17, 15) is 9.90 Å². The van der Waals surface area contributed by atoms with Gasteiger partial charge in [-0.2, -0.15) is 0 Å². The van der Waals surface area contributed by atoms with Crippen LogP contribution in [0.4, 0.5) is 4.79 Å². The maximum Gasteiger partial charge on any atom is 0.410 e. The second-order valence-corrected chi connectivity index (χ2v) is 6.24. The lowest BCUT2D eigenvalue weighted by molar-refractivity contribution is 0.0543. The lowest BCUT2D eigenvalue weighted by Gasteiger charge is -2.30. The number of amides is 1. The minimum Gasteiger partial charge on any atom is -0.445 e. The number of benzene rings is 2. The van der Waals surface area contributed by atoms with Gasteiger partial charge in [0.1, 0.15) is 6.61 Å². The van der Waals surface area contributed by atoms with Crippen molar-refractivity contribution in [2.24, 2.45) is 5.92 Å². The highest BCUT2D eigenvalue weighted by atomic mass is 16.6. The molecule has 1 aliphatic rings. The summed E-state index contributed by atoms with van der Waals surface area (Å²) in [6.45, 7) is 0.669. The molecule has 0 spiro atoms. The van der Waals surface area contributed by atoms with Gasteiger partial charge < -0.3 is 9.84 Å². The summed E-state index contributed by atoms with van der Waals surface area (Å²) in [5.74, 6) is 0.378. The van der Waals surface area contributed by atoms with E-state index in [0.29, 0.717) is 12.5 Å². The van der Waals surface area contributed by atoms with Gasteiger partial charge in [0.25, 0.3) is 0 Å². The predicted octanol–water partition coefficient (Wildman–Crippen LogP) is 3.60. The molecule has 0 radical (unpaired) electrons. The van der Waals surface area contributed by atoms with E-state index in [-0.39, 0.29) is 25.3 Å². The van der Waals surface area contributed by atoms with Gasteiger partial charge in [0.05, 0.1) is 12.6 Å². The molecule has 126 valence electrons. The molecule has 24 heavy (non-hydrogen) atoms. The van der Waals surface area contributed by atoms with Crippen molar-refractivity contribution in [1.82, 2.24) is 4.90 Å². The lowest BCUT2D eigenvalue weighted by atomic mass is 10.1. The van der Waals surface area contributed by atoms with Gasteiger partial charge >= 0.3 is 6.09 Å². The number of hydrogen-bond donors (Lipinski definition) is 1. The molecular formula is C20H23NO3. The van der Waals surface area contributed by atoms with Crippen molar-refractivity contribution >= 4 is 6.09 Å². The van der Waals surface area contributed by atoms with Crippen molar-refractivity contribution in [3.8, 4) is 0 Å². The van der Waals surface area contributed by atoms with Crippen molar-refractivity contribution in [1.29, 1.82) is 0 Å². The minimum atomic E-state index is -0.367. The van der Waals surface area contributed by atoms with Crippen LogP contribution in [0.2, 0.25) is 0 Å². The number of hydrogen-bond acceptors (Lipinski definition) is 3. The van der Waals surface area contributed by atoms with E-state index in [0.717, 1.165) is 24.0 Å². The molecule has 1 fully saturated rings. The van der Waals surface area contributed by atoms with Gasteiger partial charge in [-0.1, -0.05) is 60.7 Å². The van der Waals surface area contributed by atoms with Gasteiger partial charge in [0.15, 0.2) is 0 Å². The van der Waals surface area contributed by atoms with E-state index >= 15 is 0 Å². The summed E-state index contributed by atoms with van der Waals surface area (Å²) in [5.41, 5.74) is 1.99. The highest BCUT2D eigenvalue weighted by Crippen LogP contribution is 2.36. The maximum absolute atomic E-state index is 12.6. The Morgan fingerprint density at radius 3 is 2.17 bits per heavy atom. The summed E-state index contributed by atoms with van der Waals surface area (Å²) < 4.78 is 5.50. The van der Waals surface area contributed by atoms with Crippen molar-refractivity contribution in [2.45, 2.75) is 32.0 Å². The normalized spacial score (nSPS) is 14.9. The average molecular weight is 325 g/mol.